The number of amides is 1. The molecule has 0 bridgehead atoms. The standard InChI is InChI=1S/C10H13NO4S/c1-16(14,15)7-10(13)11-9-4-2-3-8(5-9)6-12/h2-5,12H,6-7H2,1H3,(H,11,13). The molecule has 2 N–H and O–H groups in total. The van der Waals surface area contributed by atoms with E-state index in [9.17, 15) is 13.2 Å². The summed E-state index contributed by atoms with van der Waals surface area (Å²) in [6, 6.07) is 6.58. The Morgan fingerprint density at radius 2 is 2.12 bits per heavy atom. The molecule has 1 amide bonds. The van der Waals surface area contributed by atoms with Crippen molar-refractivity contribution in [1.82, 2.24) is 0 Å². The first kappa shape index (κ1) is 12.7. The first-order chi connectivity index (χ1) is 7.40. The molecule has 16 heavy (non-hydrogen) atoms. The Bertz CT molecular complexity index is 481. The smallest absolute Gasteiger partial charge is 0.239 e. The molecule has 0 aliphatic carbocycles. The van der Waals surface area contributed by atoms with Gasteiger partial charge in [0.05, 0.1) is 6.61 Å². The fourth-order valence-electron chi connectivity index (χ4n) is 1.18. The van der Waals surface area contributed by atoms with E-state index >= 15 is 0 Å². The highest BCUT2D eigenvalue weighted by atomic mass is 32.2. The van der Waals surface area contributed by atoms with E-state index in [2.05, 4.69) is 5.32 Å². The molecule has 5 nitrogen and oxygen atoms in total. The van der Waals surface area contributed by atoms with Crippen LogP contribution in [0.25, 0.3) is 0 Å². The summed E-state index contributed by atoms with van der Waals surface area (Å²) in [5.74, 6) is -1.13. The van der Waals surface area contributed by atoms with Crippen LogP contribution in [0, 0.1) is 0 Å². The number of carbonyl (C=O) groups is 1. The minimum Gasteiger partial charge on any atom is -0.392 e. The zero-order valence-electron chi connectivity index (χ0n) is 8.80. The minimum absolute atomic E-state index is 0.129. The van der Waals surface area contributed by atoms with Crippen LogP contribution in [-0.4, -0.2) is 31.4 Å². The van der Waals surface area contributed by atoms with Gasteiger partial charge in [-0.05, 0) is 17.7 Å². The molecule has 0 unspecified atom stereocenters. The molecule has 1 aromatic rings. The van der Waals surface area contributed by atoms with E-state index in [1.165, 1.54) is 0 Å². The number of hydrogen-bond donors (Lipinski definition) is 2. The molecule has 6 heteroatoms. The van der Waals surface area contributed by atoms with Crippen LogP contribution in [-0.2, 0) is 21.2 Å². The van der Waals surface area contributed by atoms with Crippen molar-refractivity contribution in [2.24, 2.45) is 0 Å². The van der Waals surface area contributed by atoms with Crippen LogP contribution in [0.5, 0.6) is 0 Å². The van der Waals surface area contributed by atoms with Gasteiger partial charge in [0, 0.05) is 11.9 Å². The predicted octanol–water partition coefficient (Wildman–Crippen LogP) is 0.162. The highest BCUT2D eigenvalue weighted by Gasteiger charge is 2.10. The quantitative estimate of drug-likeness (QED) is 0.789. The lowest BCUT2D eigenvalue weighted by molar-refractivity contribution is -0.113. The molecule has 0 saturated heterocycles. The first-order valence-corrected chi connectivity index (χ1v) is 6.64. The van der Waals surface area contributed by atoms with Gasteiger partial charge in [0.1, 0.15) is 5.75 Å². The van der Waals surface area contributed by atoms with Crippen molar-refractivity contribution >= 4 is 21.4 Å². The monoisotopic (exact) mass is 243 g/mol. The van der Waals surface area contributed by atoms with Gasteiger partial charge < -0.3 is 10.4 Å². The van der Waals surface area contributed by atoms with Crippen LogP contribution in [0.1, 0.15) is 5.56 Å². The van der Waals surface area contributed by atoms with Crippen LogP contribution < -0.4 is 5.32 Å². The zero-order chi connectivity index (χ0) is 12.2. The number of anilines is 1. The van der Waals surface area contributed by atoms with Crippen molar-refractivity contribution in [2.75, 3.05) is 17.3 Å². The maximum atomic E-state index is 11.3. The van der Waals surface area contributed by atoms with Crippen molar-refractivity contribution < 1.29 is 18.3 Å². The van der Waals surface area contributed by atoms with Crippen LogP contribution in [0.4, 0.5) is 5.69 Å². The largest absolute Gasteiger partial charge is 0.392 e. The summed E-state index contributed by atoms with van der Waals surface area (Å²) in [7, 11) is -3.32. The molecule has 0 aliphatic heterocycles. The van der Waals surface area contributed by atoms with Crippen molar-refractivity contribution in [3.63, 3.8) is 0 Å². The van der Waals surface area contributed by atoms with E-state index in [0.717, 1.165) is 6.26 Å². The molecular weight excluding hydrogens is 230 g/mol. The highest BCUT2D eigenvalue weighted by molar-refractivity contribution is 7.91. The number of nitrogens with one attached hydrogen (secondary N) is 1. The van der Waals surface area contributed by atoms with Gasteiger partial charge in [0.25, 0.3) is 0 Å². The molecule has 1 aromatic carbocycles. The molecule has 0 saturated carbocycles. The summed E-state index contributed by atoms with van der Waals surface area (Å²) >= 11 is 0. The Hall–Kier alpha value is -1.40. The van der Waals surface area contributed by atoms with Gasteiger partial charge in [-0.25, -0.2) is 8.42 Å². The second-order valence-corrected chi connectivity index (χ2v) is 5.62. The lowest BCUT2D eigenvalue weighted by Crippen LogP contribution is -2.21. The lowest BCUT2D eigenvalue weighted by atomic mass is 10.2. The van der Waals surface area contributed by atoms with Gasteiger partial charge in [0.2, 0.25) is 5.91 Å². The Morgan fingerprint density at radius 1 is 1.44 bits per heavy atom. The van der Waals surface area contributed by atoms with E-state index < -0.39 is 21.5 Å². The summed E-state index contributed by atoms with van der Waals surface area (Å²) in [5, 5.41) is 11.3. The van der Waals surface area contributed by atoms with E-state index in [1.807, 2.05) is 0 Å². The van der Waals surface area contributed by atoms with Crippen molar-refractivity contribution in [1.29, 1.82) is 0 Å². The number of aliphatic hydroxyl groups excluding tert-OH is 1. The second kappa shape index (κ2) is 5.09. The van der Waals surface area contributed by atoms with Crippen LogP contribution >= 0.6 is 0 Å². The summed E-state index contributed by atoms with van der Waals surface area (Å²) in [6.45, 7) is -0.129. The van der Waals surface area contributed by atoms with Crippen LogP contribution in [0.3, 0.4) is 0 Å². The SMILES string of the molecule is CS(=O)(=O)CC(=O)Nc1cccc(CO)c1. The van der Waals surface area contributed by atoms with E-state index in [4.69, 9.17) is 5.11 Å². The summed E-state index contributed by atoms with van der Waals surface area (Å²) < 4.78 is 21.7. The van der Waals surface area contributed by atoms with Crippen LogP contribution in [0.15, 0.2) is 24.3 Å². The van der Waals surface area contributed by atoms with Gasteiger partial charge in [-0.3, -0.25) is 4.79 Å². The highest BCUT2D eigenvalue weighted by Crippen LogP contribution is 2.10. The third kappa shape index (κ3) is 4.41. The molecule has 0 fully saturated rings. The maximum absolute atomic E-state index is 11.3. The van der Waals surface area contributed by atoms with Gasteiger partial charge in [-0.15, -0.1) is 0 Å². The van der Waals surface area contributed by atoms with Gasteiger partial charge in [-0.2, -0.15) is 0 Å². The van der Waals surface area contributed by atoms with Gasteiger partial charge in [0.15, 0.2) is 9.84 Å². The third-order valence-electron chi connectivity index (χ3n) is 1.79. The third-order valence-corrected chi connectivity index (χ3v) is 2.57. The number of rotatable bonds is 4. The molecule has 0 heterocycles. The molecule has 0 aliphatic rings. The summed E-state index contributed by atoms with van der Waals surface area (Å²) in [4.78, 5) is 11.3. The van der Waals surface area contributed by atoms with E-state index in [0.29, 0.717) is 11.3 Å². The molecule has 88 valence electrons. The number of aliphatic hydroxyl groups is 1. The molecule has 0 aromatic heterocycles. The van der Waals surface area contributed by atoms with Gasteiger partial charge in [-0.1, -0.05) is 12.1 Å². The fourth-order valence-corrected chi connectivity index (χ4v) is 1.73. The zero-order valence-corrected chi connectivity index (χ0v) is 9.62. The van der Waals surface area contributed by atoms with Crippen molar-refractivity contribution in [3.05, 3.63) is 29.8 Å². The van der Waals surface area contributed by atoms with E-state index in [1.54, 1.807) is 24.3 Å². The van der Waals surface area contributed by atoms with Crippen molar-refractivity contribution in [3.8, 4) is 0 Å². The average molecular weight is 243 g/mol. The lowest BCUT2D eigenvalue weighted by Gasteiger charge is -2.05. The van der Waals surface area contributed by atoms with Crippen LogP contribution in [0.2, 0.25) is 0 Å². The summed E-state index contributed by atoms with van der Waals surface area (Å²) in [5.41, 5.74) is 1.12. The molecular formula is C10H13NO4S. The molecule has 0 atom stereocenters. The molecule has 1 rings (SSSR count). The minimum atomic E-state index is -3.32. The normalized spacial score (nSPS) is 11.1. The fraction of sp³-hybridized carbons (Fsp3) is 0.300. The Morgan fingerprint density at radius 3 is 2.69 bits per heavy atom. The van der Waals surface area contributed by atoms with Gasteiger partial charge >= 0.3 is 0 Å². The first-order valence-electron chi connectivity index (χ1n) is 4.58. The summed E-state index contributed by atoms with van der Waals surface area (Å²) in [6.07, 6.45) is 0.997. The number of sulfone groups is 1. The van der Waals surface area contributed by atoms with E-state index in [-0.39, 0.29) is 6.61 Å². The van der Waals surface area contributed by atoms with Crippen molar-refractivity contribution in [2.45, 2.75) is 6.61 Å². The average Bonchev–Trinajstić information content (AvgIpc) is 2.15. The molecule has 0 spiro atoms. The topological polar surface area (TPSA) is 83.5 Å². The Balaban J connectivity index is 2.70. The number of hydrogen-bond acceptors (Lipinski definition) is 4. The second-order valence-electron chi connectivity index (χ2n) is 3.48. The maximum Gasteiger partial charge on any atom is 0.239 e. The Labute approximate surface area is 94.0 Å². The number of carbonyl (C=O) groups excluding carboxylic acids is 1. The number of benzene rings is 1. The molecule has 0 radical (unpaired) electrons. The predicted molar refractivity (Wildman–Crippen MR) is 60.7 cm³/mol. The Kier molecular flexibility index (Phi) is 4.03.